The molecular formula is C13H17FN6O2. The van der Waals surface area contributed by atoms with Gasteiger partial charge in [-0.2, -0.15) is 5.10 Å². The first-order valence-corrected chi connectivity index (χ1v) is 7.05. The number of hydrogen-bond donors (Lipinski definition) is 2. The van der Waals surface area contributed by atoms with Crippen LogP contribution in [0.2, 0.25) is 0 Å². The van der Waals surface area contributed by atoms with Crippen LogP contribution in [0.3, 0.4) is 0 Å². The number of carbonyl (C=O) groups is 1. The van der Waals surface area contributed by atoms with Gasteiger partial charge in [-0.15, -0.1) is 0 Å². The normalized spacial score (nSPS) is 22.1. The van der Waals surface area contributed by atoms with Gasteiger partial charge in [0, 0.05) is 31.2 Å². The van der Waals surface area contributed by atoms with Gasteiger partial charge in [-0.05, 0) is 13.3 Å². The van der Waals surface area contributed by atoms with Gasteiger partial charge in [0.2, 0.25) is 5.82 Å². The molecule has 0 aliphatic carbocycles. The van der Waals surface area contributed by atoms with Crippen LogP contribution in [0.4, 0.5) is 4.39 Å². The minimum Gasteiger partial charge on any atom is -0.361 e. The molecule has 0 radical (unpaired) electrons. The number of nitrogens with zero attached hydrogens (tertiary/aromatic N) is 4. The summed E-state index contributed by atoms with van der Waals surface area (Å²) in [4.78, 5) is 17.6. The van der Waals surface area contributed by atoms with E-state index in [4.69, 9.17) is 4.52 Å². The highest BCUT2D eigenvalue weighted by Crippen LogP contribution is 2.23. The van der Waals surface area contributed by atoms with Gasteiger partial charge in [-0.3, -0.25) is 14.8 Å². The number of alkyl halides is 1. The molecule has 1 saturated heterocycles. The minimum absolute atomic E-state index is 0.0730. The molecule has 118 valence electrons. The Morgan fingerprint density at radius 1 is 1.64 bits per heavy atom. The lowest BCUT2D eigenvalue weighted by atomic mass is 10.2. The minimum atomic E-state index is -0.896. The average Bonchev–Trinajstić information content (AvgIpc) is 3.20. The van der Waals surface area contributed by atoms with Crippen molar-refractivity contribution >= 4 is 5.91 Å². The van der Waals surface area contributed by atoms with Crippen molar-refractivity contribution in [1.82, 2.24) is 30.6 Å². The molecule has 22 heavy (non-hydrogen) atoms. The smallest absolute Gasteiger partial charge is 0.288 e. The molecule has 2 aromatic heterocycles. The Morgan fingerprint density at radius 3 is 3.18 bits per heavy atom. The maximum atomic E-state index is 13.7. The fourth-order valence-electron chi connectivity index (χ4n) is 2.63. The molecule has 9 heteroatoms. The zero-order valence-corrected chi connectivity index (χ0v) is 12.1. The van der Waals surface area contributed by atoms with E-state index in [-0.39, 0.29) is 17.8 Å². The number of rotatable bonds is 5. The number of nitrogens with one attached hydrogen (secondary N) is 2. The van der Waals surface area contributed by atoms with E-state index in [0.717, 1.165) is 11.3 Å². The third-order valence-electron chi connectivity index (χ3n) is 3.83. The summed E-state index contributed by atoms with van der Waals surface area (Å²) in [5.74, 6) is 0.531. The van der Waals surface area contributed by atoms with Gasteiger partial charge in [0.1, 0.15) is 18.3 Å². The summed E-state index contributed by atoms with van der Waals surface area (Å²) in [5, 5.41) is 12.6. The quantitative estimate of drug-likeness (QED) is 0.831. The van der Waals surface area contributed by atoms with E-state index in [1.807, 2.05) is 11.8 Å². The molecule has 2 atom stereocenters. The van der Waals surface area contributed by atoms with Crippen LogP contribution in [0.25, 0.3) is 0 Å². The second-order valence-corrected chi connectivity index (χ2v) is 5.37. The number of aromatic amines is 1. The zero-order valence-electron chi connectivity index (χ0n) is 12.1. The Morgan fingerprint density at radius 2 is 2.50 bits per heavy atom. The third kappa shape index (κ3) is 3.14. The molecule has 1 aliphatic rings. The molecule has 0 saturated carbocycles. The molecule has 2 aromatic rings. The van der Waals surface area contributed by atoms with Crippen molar-refractivity contribution in [2.24, 2.45) is 0 Å². The number of aryl methyl sites for hydroxylation is 1. The van der Waals surface area contributed by atoms with Crippen molar-refractivity contribution in [3.05, 3.63) is 29.7 Å². The number of amides is 1. The van der Waals surface area contributed by atoms with E-state index in [2.05, 4.69) is 25.7 Å². The molecule has 0 aromatic carbocycles. The SMILES string of the molecule is Cc1oncc1CN1C[C@@H](F)C[C@H]1CNC(=O)c1ncn[nH]1. The summed E-state index contributed by atoms with van der Waals surface area (Å²) in [6.07, 6.45) is 2.40. The second-order valence-electron chi connectivity index (χ2n) is 5.37. The van der Waals surface area contributed by atoms with E-state index in [1.165, 1.54) is 6.33 Å². The maximum absolute atomic E-state index is 13.7. The summed E-state index contributed by atoms with van der Waals surface area (Å²) in [6, 6.07) is -0.0730. The van der Waals surface area contributed by atoms with Crippen molar-refractivity contribution in [3.8, 4) is 0 Å². The molecule has 0 unspecified atom stereocenters. The van der Waals surface area contributed by atoms with E-state index in [9.17, 15) is 9.18 Å². The van der Waals surface area contributed by atoms with Gasteiger partial charge >= 0.3 is 0 Å². The molecular weight excluding hydrogens is 291 g/mol. The predicted octanol–water partition coefficient (Wildman–Crippen LogP) is 0.444. The topological polar surface area (TPSA) is 99.9 Å². The molecule has 1 fully saturated rings. The van der Waals surface area contributed by atoms with Crippen molar-refractivity contribution in [3.63, 3.8) is 0 Å². The first kappa shape index (κ1) is 14.6. The summed E-state index contributed by atoms with van der Waals surface area (Å²) in [6.45, 7) is 3.07. The molecule has 3 heterocycles. The Balaban J connectivity index is 1.59. The van der Waals surface area contributed by atoms with Crippen molar-refractivity contribution in [1.29, 1.82) is 0 Å². The fraction of sp³-hybridized carbons (Fsp3) is 0.538. The zero-order chi connectivity index (χ0) is 15.5. The Labute approximate surface area is 126 Å². The van der Waals surface area contributed by atoms with Crippen LogP contribution in [0.1, 0.15) is 28.4 Å². The molecule has 0 spiro atoms. The van der Waals surface area contributed by atoms with Gasteiger partial charge < -0.3 is 9.84 Å². The monoisotopic (exact) mass is 308 g/mol. The van der Waals surface area contributed by atoms with E-state index in [0.29, 0.717) is 26.1 Å². The molecule has 1 amide bonds. The van der Waals surface area contributed by atoms with Crippen LogP contribution in [0, 0.1) is 6.92 Å². The van der Waals surface area contributed by atoms with E-state index < -0.39 is 6.17 Å². The lowest BCUT2D eigenvalue weighted by Gasteiger charge is -2.23. The summed E-state index contributed by atoms with van der Waals surface area (Å²) in [7, 11) is 0. The molecule has 3 rings (SSSR count). The van der Waals surface area contributed by atoms with E-state index >= 15 is 0 Å². The highest BCUT2D eigenvalue weighted by atomic mass is 19.1. The lowest BCUT2D eigenvalue weighted by molar-refractivity contribution is 0.0929. The Bertz CT molecular complexity index is 628. The molecule has 8 nitrogen and oxygen atoms in total. The van der Waals surface area contributed by atoms with Gasteiger partial charge in [-0.25, -0.2) is 9.37 Å². The molecule has 2 N–H and O–H groups in total. The van der Waals surface area contributed by atoms with E-state index in [1.54, 1.807) is 6.20 Å². The fourth-order valence-corrected chi connectivity index (χ4v) is 2.63. The van der Waals surface area contributed by atoms with Gasteiger partial charge in [-0.1, -0.05) is 5.16 Å². The summed E-state index contributed by atoms with van der Waals surface area (Å²) >= 11 is 0. The number of aromatic nitrogens is 4. The first-order valence-electron chi connectivity index (χ1n) is 7.05. The van der Waals surface area contributed by atoms with Crippen LogP contribution in [-0.4, -0.2) is 56.4 Å². The second kappa shape index (κ2) is 6.22. The van der Waals surface area contributed by atoms with Crippen molar-refractivity contribution in [2.45, 2.75) is 32.1 Å². The summed E-state index contributed by atoms with van der Waals surface area (Å²) < 4.78 is 18.8. The molecule has 0 bridgehead atoms. The average molecular weight is 308 g/mol. The number of H-pyrrole nitrogens is 1. The van der Waals surface area contributed by atoms with Crippen LogP contribution in [0.5, 0.6) is 0 Å². The number of hydrogen-bond acceptors (Lipinski definition) is 6. The Hall–Kier alpha value is -2.29. The van der Waals surface area contributed by atoms with Crippen LogP contribution >= 0.6 is 0 Å². The first-order chi connectivity index (χ1) is 10.6. The third-order valence-corrected chi connectivity index (χ3v) is 3.83. The van der Waals surface area contributed by atoms with Crippen LogP contribution in [-0.2, 0) is 6.54 Å². The van der Waals surface area contributed by atoms with Crippen LogP contribution < -0.4 is 5.32 Å². The van der Waals surface area contributed by atoms with Crippen molar-refractivity contribution < 1.29 is 13.7 Å². The standard InChI is InChI=1S/C13H17FN6O2/c1-8-9(3-18-22-8)5-20-6-10(14)2-11(20)4-15-13(21)12-16-7-17-19-12/h3,7,10-11H,2,4-6H2,1H3,(H,15,21)(H,16,17,19)/t10-,11-/m0/s1. The van der Waals surface area contributed by atoms with Gasteiger partial charge in [0.15, 0.2) is 0 Å². The predicted molar refractivity (Wildman–Crippen MR) is 73.7 cm³/mol. The lowest BCUT2D eigenvalue weighted by Crippen LogP contribution is -2.40. The number of carbonyl (C=O) groups excluding carboxylic acids is 1. The van der Waals surface area contributed by atoms with Gasteiger partial charge in [0.25, 0.3) is 5.91 Å². The number of halogens is 1. The van der Waals surface area contributed by atoms with Crippen molar-refractivity contribution in [2.75, 3.05) is 13.1 Å². The maximum Gasteiger partial charge on any atom is 0.288 e. The summed E-state index contributed by atoms with van der Waals surface area (Å²) in [5.41, 5.74) is 0.931. The molecule has 1 aliphatic heterocycles. The Kier molecular flexibility index (Phi) is 4.14. The highest BCUT2D eigenvalue weighted by Gasteiger charge is 2.33. The highest BCUT2D eigenvalue weighted by molar-refractivity contribution is 5.90. The largest absolute Gasteiger partial charge is 0.361 e. The van der Waals surface area contributed by atoms with Crippen LogP contribution in [0.15, 0.2) is 17.0 Å². The number of likely N-dealkylation sites (tertiary alicyclic amines) is 1. The van der Waals surface area contributed by atoms with Gasteiger partial charge in [0.05, 0.1) is 6.20 Å².